The molecule has 3 rings (SSSR count). The second-order valence-electron chi connectivity index (χ2n) is 6.75. The zero-order chi connectivity index (χ0) is 19.4. The minimum Gasteiger partial charge on any atom is -0.493 e. The van der Waals surface area contributed by atoms with E-state index in [0.29, 0.717) is 56.2 Å². The normalized spacial score (nSPS) is 21.8. The number of carbonyl (C=O) groups excluding carboxylic acids is 2. The maximum Gasteiger partial charge on any atom is 0.254 e. The number of amides is 2. The summed E-state index contributed by atoms with van der Waals surface area (Å²) in [5.74, 6) is 1.02. The van der Waals surface area contributed by atoms with E-state index in [-0.39, 0.29) is 30.3 Å². The average Bonchev–Trinajstić information content (AvgIpc) is 3.21. The molecule has 2 N–H and O–H groups in total. The Labute approximate surface area is 171 Å². The molecule has 156 valence electrons. The first-order valence-corrected chi connectivity index (χ1v) is 9.23. The lowest BCUT2D eigenvalue weighted by atomic mass is 10.1. The Morgan fingerprint density at radius 3 is 2.29 bits per heavy atom. The molecule has 9 heteroatoms. The summed E-state index contributed by atoms with van der Waals surface area (Å²) in [7, 11) is 3.09. The van der Waals surface area contributed by atoms with Crippen LogP contribution in [0.4, 0.5) is 0 Å². The first-order chi connectivity index (χ1) is 13.1. The van der Waals surface area contributed by atoms with Crippen LogP contribution in [0, 0.1) is 0 Å². The highest BCUT2D eigenvalue weighted by Crippen LogP contribution is 2.28. The maximum absolute atomic E-state index is 12.8. The number of benzene rings is 1. The lowest BCUT2D eigenvalue weighted by Gasteiger charge is -2.36. The molecule has 2 heterocycles. The largest absolute Gasteiger partial charge is 0.493 e. The molecule has 1 aromatic carbocycles. The van der Waals surface area contributed by atoms with Crippen LogP contribution in [0.15, 0.2) is 18.2 Å². The van der Waals surface area contributed by atoms with Crippen LogP contribution in [-0.4, -0.2) is 80.8 Å². The van der Waals surface area contributed by atoms with Crippen LogP contribution in [0.3, 0.4) is 0 Å². The van der Waals surface area contributed by atoms with E-state index < -0.39 is 6.10 Å². The number of rotatable bonds is 5. The van der Waals surface area contributed by atoms with Crippen LogP contribution < -0.4 is 15.2 Å². The van der Waals surface area contributed by atoms with Crippen molar-refractivity contribution >= 4 is 24.2 Å². The van der Waals surface area contributed by atoms with Crippen molar-refractivity contribution in [3.05, 3.63) is 23.8 Å². The third kappa shape index (κ3) is 4.68. The van der Waals surface area contributed by atoms with Gasteiger partial charge in [0.1, 0.15) is 6.10 Å². The molecule has 2 aliphatic rings. The Bertz CT molecular complexity index is 694. The molecule has 1 aromatic rings. The van der Waals surface area contributed by atoms with Gasteiger partial charge in [0.2, 0.25) is 0 Å². The highest BCUT2D eigenvalue weighted by Gasteiger charge is 2.34. The van der Waals surface area contributed by atoms with Crippen molar-refractivity contribution in [2.75, 3.05) is 46.9 Å². The number of methoxy groups -OCH3 is 2. The molecule has 0 aromatic heterocycles. The predicted molar refractivity (Wildman–Crippen MR) is 106 cm³/mol. The summed E-state index contributed by atoms with van der Waals surface area (Å²) in [6.07, 6.45) is 1.12. The zero-order valence-electron chi connectivity index (χ0n) is 16.3. The smallest absolute Gasteiger partial charge is 0.254 e. The number of ether oxygens (including phenoxy) is 3. The van der Waals surface area contributed by atoms with Gasteiger partial charge in [-0.2, -0.15) is 0 Å². The zero-order valence-corrected chi connectivity index (χ0v) is 17.1. The number of nitrogens with zero attached hydrogens (tertiary/aromatic N) is 2. The fourth-order valence-electron chi connectivity index (χ4n) is 3.55. The molecule has 8 nitrogen and oxygen atoms in total. The van der Waals surface area contributed by atoms with Gasteiger partial charge in [-0.1, -0.05) is 0 Å². The molecule has 2 saturated heterocycles. The van der Waals surface area contributed by atoms with E-state index in [2.05, 4.69) is 0 Å². The minimum atomic E-state index is -0.397. The standard InChI is InChI=1S/C19H27N3O5.ClH/c1-25-15-5-3-13(11-17(15)26-2)18(23)21-7-9-22(10-8-21)19(24)16-6-4-14(12-20)27-16;/h3,5,11,14,16H,4,6-10,12,20H2,1-2H3;1H/t14-,16+;/m1./s1. The van der Waals surface area contributed by atoms with Crippen molar-refractivity contribution in [3.8, 4) is 11.5 Å². The van der Waals surface area contributed by atoms with Crippen LogP contribution >= 0.6 is 12.4 Å². The van der Waals surface area contributed by atoms with Gasteiger partial charge < -0.3 is 29.7 Å². The molecule has 2 aliphatic heterocycles. The highest BCUT2D eigenvalue weighted by atomic mass is 35.5. The van der Waals surface area contributed by atoms with Crippen molar-refractivity contribution in [3.63, 3.8) is 0 Å². The first kappa shape index (κ1) is 22.3. The van der Waals surface area contributed by atoms with Gasteiger partial charge in [-0.15, -0.1) is 12.4 Å². The van der Waals surface area contributed by atoms with Gasteiger partial charge in [0, 0.05) is 38.3 Å². The van der Waals surface area contributed by atoms with Crippen molar-refractivity contribution in [2.24, 2.45) is 5.73 Å². The molecule has 28 heavy (non-hydrogen) atoms. The molecule has 2 atom stereocenters. The minimum absolute atomic E-state index is 0. The van der Waals surface area contributed by atoms with Gasteiger partial charge in [-0.05, 0) is 31.0 Å². The number of piperazine rings is 1. The number of halogens is 1. The summed E-state index contributed by atoms with van der Waals surface area (Å²) in [4.78, 5) is 28.9. The fraction of sp³-hybridized carbons (Fsp3) is 0.579. The van der Waals surface area contributed by atoms with Gasteiger partial charge >= 0.3 is 0 Å². The second-order valence-corrected chi connectivity index (χ2v) is 6.75. The molecule has 0 bridgehead atoms. The first-order valence-electron chi connectivity index (χ1n) is 9.23. The Hall–Kier alpha value is -2.03. The molecule has 2 fully saturated rings. The van der Waals surface area contributed by atoms with Gasteiger partial charge in [0.05, 0.1) is 20.3 Å². The van der Waals surface area contributed by atoms with Crippen molar-refractivity contribution in [1.29, 1.82) is 0 Å². The van der Waals surface area contributed by atoms with Gasteiger partial charge in [0.25, 0.3) is 11.8 Å². The van der Waals surface area contributed by atoms with Gasteiger partial charge in [-0.3, -0.25) is 9.59 Å². The number of hydrogen-bond acceptors (Lipinski definition) is 6. The highest BCUT2D eigenvalue weighted by molar-refractivity contribution is 5.95. The van der Waals surface area contributed by atoms with E-state index in [1.807, 2.05) is 0 Å². The lowest BCUT2D eigenvalue weighted by Crippen LogP contribution is -2.53. The monoisotopic (exact) mass is 413 g/mol. The van der Waals surface area contributed by atoms with Crippen LogP contribution in [0.1, 0.15) is 23.2 Å². The van der Waals surface area contributed by atoms with E-state index in [1.165, 1.54) is 7.11 Å². The molecular formula is C19H28ClN3O5. The second kappa shape index (κ2) is 9.95. The van der Waals surface area contributed by atoms with E-state index in [1.54, 1.807) is 35.1 Å². The fourth-order valence-corrected chi connectivity index (χ4v) is 3.55. The number of carbonyl (C=O) groups is 2. The van der Waals surface area contributed by atoms with E-state index >= 15 is 0 Å². The molecular weight excluding hydrogens is 386 g/mol. The van der Waals surface area contributed by atoms with Crippen LogP contribution in [0.25, 0.3) is 0 Å². The topological polar surface area (TPSA) is 94.3 Å². The molecule has 2 amide bonds. The maximum atomic E-state index is 12.8. The summed E-state index contributed by atoms with van der Waals surface area (Å²) in [5, 5.41) is 0. The van der Waals surface area contributed by atoms with Crippen molar-refractivity contribution in [1.82, 2.24) is 9.80 Å². The quantitative estimate of drug-likeness (QED) is 0.771. The van der Waals surface area contributed by atoms with Crippen LogP contribution in [-0.2, 0) is 9.53 Å². The summed E-state index contributed by atoms with van der Waals surface area (Å²) < 4.78 is 16.2. The van der Waals surface area contributed by atoms with E-state index in [4.69, 9.17) is 19.9 Å². The van der Waals surface area contributed by atoms with E-state index in [9.17, 15) is 9.59 Å². The van der Waals surface area contributed by atoms with Gasteiger partial charge in [0.15, 0.2) is 11.5 Å². The van der Waals surface area contributed by atoms with Gasteiger partial charge in [-0.25, -0.2) is 0 Å². The van der Waals surface area contributed by atoms with Crippen molar-refractivity contribution in [2.45, 2.75) is 25.0 Å². The summed E-state index contributed by atoms with van der Waals surface area (Å²) in [6.45, 7) is 2.44. The van der Waals surface area contributed by atoms with Crippen molar-refractivity contribution < 1.29 is 23.8 Å². The van der Waals surface area contributed by atoms with Crippen LogP contribution in [0.5, 0.6) is 11.5 Å². The molecule has 0 spiro atoms. The Kier molecular flexibility index (Phi) is 7.91. The number of nitrogens with two attached hydrogens (primary N) is 1. The average molecular weight is 414 g/mol. The molecule has 0 unspecified atom stereocenters. The lowest BCUT2D eigenvalue weighted by molar-refractivity contribution is -0.144. The third-order valence-corrected chi connectivity index (χ3v) is 5.15. The number of hydrogen-bond donors (Lipinski definition) is 1. The summed E-state index contributed by atoms with van der Waals surface area (Å²) >= 11 is 0. The molecule has 0 radical (unpaired) electrons. The Morgan fingerprint density at radius 2 is 1.71 bits per heavy atom. The Balaban J connectivity index is 0.00000280. The van der Waals surface area contributed by atoms with E-state index in [0.717, 1.165) is 6.42 Å². The predicted octanol–water partition coefficient (Wildman–Crippen LogP) is 0.916. The third-order valence-electron chi connectivity index (χ3n) is 5.15. The Morgan fingerprint density at radius 1 is 1.07 bits per heavy atom. The SMILES string of the molecule is COc1ccc(C(=O)N2CCN(C(=O)[C@@H]3CC[C@H](CN)O3)CC2)cc1OC.Cl. The van der Waals surface area contributed by atoms with Crippen LogP contribution in [0.2, 0.25) is 0 Å². The summed E-state index contributed by atoms with van der Waals surface area (Å²) in [5.41, 5.74) is 6.15. The molecule has 0 saturated carbocycles. The summed E-state index contributed by atoms with van der Waals surface area (Å²) in [6, 6.07) is 5.12. The molecule has 0 aliphatic carbocycles.